The van der Waals surface area contributed by atoms with Gasteiger partial charge in [0.05, 0.1) is 19.9 Å². The Morgan fingerprint density at radius 1 is 1.04 bits per heavy atom. The number of anilines is 1. The number of nitrogens with one attached hydrogen (secondary N) is 1. The number of aryl methyl sites for hydroxylation is 2. The first kappa shape index (κ1) is 18.9. The molecule has 0 aliphatic rings. The zero-order valence-electron chi connectivity index (χ0n) is 15.0. The Bertz CT molecular complexity index is 753. The first-order valence-corrected chi connectivity index (χ1v) is 8.19. The number of amides is 1. The minimum absolute atomic E-state index is 0.284. The van der Waals surface area contributed by atoms with Crippen LogP contribution in [0.4, 0.5) is 5.69 Å². The molecular formula is C19H22ClNO4. The maximum absolute atomic E-state index is 12.4. The third-order valence-corrected chi connectivity index (χ3v) is 4.35. The summed E-state index contributed by atoms with van der Waals surface area (Å²) in [6, 6.07) is 8.79. The van der Waals surface area contributed by atoms with Crippen molar-refractivity contribution in [3.8, 4) is 17.2 Å². The Morgan fingerprint density at radius 2 is 1.68 bits per heavy atom. The average molecular weight is 364 g/mol. The summed E-state index contributed by atoms with van der Waals surface area (Å²) in [6.45, 7) is 5.48. The fourth-order valence-corrected chi connectivity index (χ4v) is 2.48. The summed E-state index contributed by atoms with van der Waals surface area (Å²) in [5.41, 5.74) is 2.36. The fraction of sp³-hybridized carbons (Fsp3) is 0.316. The van der Waals surface area contributed by atoms with Crippen LogP contribution < -0.4 is 19.5 Å². The van der Waals surface area contributed by atoms with Crippen LogP contribution in [-0.4, -0.2) is 26.2 Å². The summed E-state index contributed by atoms with van der Waals surface area (Å²) < 4.78 is 16.2. The lowest BCUT2D eigenvalue weighted by Gasteiger charge is -2.17. The van der Waals surface area contributed by atoms with Gasteiger partial charge in [0.2, 0.25) is 0 Å². The van der Waals surface area contributed by atoms with E-state index in [9.17, 15) is 4.79 Å². The first-order chi connectivity index (χ1) is 11.8. The van der Waals surface area contributed by atoms with Crippen LogP contribution in [-0.2, 0) is 4.79 Å². The van der Waals surface area contributed by atoms with Crippen LogP contribution in [0.15, 0.2) is 30.3 Å². The molecule has 2 rings (SSSR count). The van der Waals surface area contributed by atoms with E-state index in [1.165, 1.54) is 7.11 Å². The third kappa shape index (κ3) is 4.57. The molecule has 0 radical (unpaired) electrons. The highest BCUT2D eigenvalue weighted by atomic mass is 35.5. The summed E-state index contributed by atoms with van der Waals surface area (Å²) in [4.78, 5) is 12.4. The normalized spacial score (nSPS) is 11.6. The molecule has 0 unspecified atom stereocenters. The molecule has 0 heterocycles. The molecule has 0 saturated carbocycles. The molecule has 0 spiro atoms. The fourth-order valence-electron chi connectivity index (χ4n) is 2.37. The van der Waals surface area contributed by atoms with Gasteiger partial charge in [-0.3, -0.25) is 4.79 Å². The predicted octanol–water partition coefficient (Wildman–Crippen LogP) is 4.38. The number of rotatable bonds is 6. The van der Waals surface area contributed by atoms with E-state index < -0.39 is 6.10 Å². The van der Waals surface area contributed by atoms with E-state index in [4.69, 9.17) is 25.8 Å². The molecule has 0 aromatic heterocycles. The van der Waals surface area contributed by atoms with Crippen molar-refractivity contribution in [3.63, 3.8) is 0 Å². The minimum Gasteiger partial charge on any atom is -0.497 e. The van der Waals surface area contributed by atoms with Crippen LogP contribution >= 0.6 is 11.6 Å². The Balaban J connectivity index is 2.10. The maximum atomic E-state index is 12.4. The molecular weight excluding hydrogens is 342 g/mol. The van der Waals surface area contributed by atoms with E-state index in [0.29, 0.717) is 28.0 Å². The molecule has 0 saturated heterocycles. The van der Waals surface area contributed by atoms with E-state index in [1.54, 1.807) is 32.2 Å². The highest BCUT2D eigenvalue weighted by molar-refractivity contribution is 6.32. The van der Waals surface area contributed by atoms with E-state index in [0.717, 1.165) is 11.1 Å². The molecule has 6 heteroatoms. The second-order valence-electron chi connectivity index (χ2n) is 5.69. The molecule has 5 nitrogen and oxygen atoms in total. The van der Waals surface area contributed by atoms with Gasteiger partial charge in [-0.05, 0) is 56.2 Å². The van der Waals surface area contributed by atoms with Crippen LogP contribution in [0.25, 0.3) is 0 Å². The Morgan fingerprint density at radius 3 is 2.24 bits per heavy atom. The zero-order valence-corrected chi connectivity index (χ0v) is 15.7. The van der Waals surface area contributed by atoms with Gasteiger partial charge in [-0.1, -0.05) is 11.6 Å². The van der Waals surface area contributed by atoms with E-state index in [1.807, 2.05) is 26.0 Å². The lowest BCUT2D eigenvalue weighted by atomic mass is 10.1. The van der Waals surface area contributed by atoms with Gasteiger partial charge < -0.3 is 19.5 Å². The van der Waals surface area contributed by atoms with Crippen LogP contribution in [0.1, 0.15) is 18.1 Å². The highest BCUT2D eigenvalue weighted by Gasteiger charge is 2.18. The topological polar surface area (TPSA) is 56.8 Å². The van der Waals surface area contributed by atoms with Crippen LogP contribution in [0.3, 0.4) is 0 Å². The van der Waals surface area contributed by atoms with Crippen molar-refractivity contribution in [2.75, 3.05) is 19.5 Å². The number of benzene rings is 2. The number of methoxy groups -OCH3 is 2. The summed E-state index contributed by atoms with van der Waals surface area (Å²) in [5, 5.41) is 3.50. The number of hydrogen-bond donors (Lipinski definition) is 1. The molecule has 0 bridgehead atoms. The van der Waals surface area contributed by atoms with Gasteiger partial charge in [-0.25, -0.2) is 0 Å². The van der Waals surface area contributed by atoms with Gasteiger partial charge in [0.15, 0.2) is 6.10 Å². The van der Waals surface area contributed by atoms with Gasteiger partial charge in [0.1, 0.15) is 17.2 Å². The maximum Gasteiger partial charge on any atom is 0.265 e. The Kier molecular flexibility index (Phi) is 6.15. The predicted molar refractivity (Wildman–Crippen MR) is 99.2 cm³/mol. The van der Waals surface area contributed by atoms with Crippen molar-refractivity contribution in [1.29, 1.82) is 0 Å². The van der Waals surface area contributed by atoms with E-state index in [-0.39, 0.29) is 5.91 Å². The zero-order chi connectivity index (χ0) is 18.6. The van der Waals surface area contributed by atoms with Crippen molar-refractivity contribution in [2.45, 2.75) is 26.9 Å². The monoisotopic (exact) mass is 363 g/mol. The van der Waals surface area contributed by atoms with Crippen molar-refractivity contribution < 1.29 is 19.0 Å². The Hall–Kier alpha value is -2.40. The summed E-state index contributed by atoms with van der Waals surface area (Å²) in [6.07, 6.45) is -0.688. The van der Waals surface area contributed by atoms with Crippen molar-refractivity contribution >= 4 is 23.2 Å². The molecule has 1 amide bonds. The average Bonchev–Trinajstić information content (AvgIpc) is 2.59. The molecule has 1 N–H and O–H groups in total. The number of hydrogen-bond acceptors (Lipinski definition) is 4. The summed E-state index contributed by atoms with van der Waals surface area (Å²) >= 11 is 6.16. The van der Waals surface area contributed by atoms with Crippen molar-refractivity contribution in [2.24, 2.45) is 0 Å². The molecule has 2 aromatic rings. The molecule has 25 heavy (non-hydrogen) atoms. The highest BCUT2D eigenvalue weighted by Crippen LogP contribution is 2.30. The number of carbonyl (C=O) groups excluding carboxylic acids is 1. The minimum atomic E-state index is -0.688. The lowest BCUT2D eigenvalue weighted by Crippen LogP contribution is -2.30. The lowest BCUT2D eigenvalue weighted by molar-refractivity contribution is -0.122. The molecule has 134 valence electrons. The standard InChI is InChI=1S/C19H22ClNO4/c1-11-8-15(9-12(2)18(11)20)25-13(3)19(22)21-16-7-6-14(23-4)10-17(16)24-5/h6-10,13H,1-5H3,(H,21,22)/t13-/m1/s1. The van der Waals surface area contributed by atoms with Gasteiger partial charge in [0, 0.05) is 11.1 Å². The number of halogens is 1. The SMILES string of the molecule is COc1ccc(NC(=O)[C@@H](C)Oc2cc(C)c(Cl)c(C)c2)c(OC)c1. The van der Waals surface area contributed by atoms with E-state index >= 15 is 0 Å². The van der Waals surface area contributed by atoms with Gasteiger partial charge in [-0.15, -0.1) is 0 Å². The number of carbonyl (C=O) groups is 1. The second-order valence-corrected chi connectivity index (χ2v) is 6.06. The third-order valence-electron chi connectivity index (χ3n) is 3.76. The van der Waals surface area contributed by atoms with Crippen LogP contribution in [0.5, 0.6) is 17.2 Å². The molecule has 2 aromatic carbocycles. The first-order valence-electron chi connectivity index (χ1n) is 7.82. The molecule has 0 aliphatic heterocycles. The van der Waals surface area contributed by atoms with Gasteiger partial charge in [0.25, 0.3) is 5.91 Å². The van der Waals surface area contributed by atoms with Gasteiger partial charge >= 0.3 is 0 Å². The van der Waals surface area contributed by atoms with E-state index in [2.05, 4.69) is 5.32 Å². The largest absolute Gasteiger partial charge is 0.497 e. The van der Waals surface area contributed by atoms with Crippen molar-refractivity contribution in [1.82, 2.24) is 0 Å². The Labute approximate surface area is 152 Å². The van der Waals surface area contributed by atoms with Crippen molar-refractivity contribution in [3.05, 3.63) is 46.5 Å². The molecule has 1 atom stereocenters. The van der Waals surface area contributed by atoms with Crippen LogP contribution in [0.2, 0.25) is 5.02 Å². The molecule has 0 aliphatic carbocycles. The smallest absolute Gasteiger partial charge is 0.265 e. The second kappa shape index (κ2) is 8.12. The van der Waals surface area contributed by atoms with Crippen LogP contribution in [0, 0.1) is 13.8 Å². The summed E-state index contributed by atoms with van der Waals surface area (Å²) in [7, 11) is 3.10. The number of ether oxygens (including phenoxy) is 3. The van der Waals surface area contributed by atoms with Gasteiger partial charge in [-0.2, -0.15) is 0 Å². The quantitative estimate of drug-likeness (QED) is 0.827. The summed E-state index contributed by atoms with van der Waals surface area (Å²) in [5.74, 6) is 1.47. The molecule has 0 fully saturated rings.